The number of carbonyl (C=O) groups is 2. The molecule has 4 rings (SSSR count). The fraction of sp³-hybridized carbons (Fsp3) is 0.259. The first-order valence-electron chi connectivity index (χ1n) is 11.1. The zero-order valence-electron chi connectivity index (χ0n) is 18.7. The summed E-state index contributed by atoms with van der Waals surface area (Å²) in [6, 6.07) is 27.7. The van der Waals surface area contributed by atoms with Crippen molar-refractivity contribution in [3.8, 4) is 0 Å². The monoisotopic (exact) mass is 444 g/mol. The van der Waals surface area contributed by atoms with Gasteiger partial charge in [0.2, 0.25) is 0 Å². The Morgan fingerprint density at radius 1 is 0.939 bits per heavy atom. The molecule has 3 aromatic rings. The lowest BCUT2D eigenvalue weighted by molar-refractivity contribution is -0.170. The lowest BCUT2D eigenvalue weighted by Gasteiger charge is -2.44. The minimum absolute atomic E-state index is 0.278. The topological polar surface area (TPSA) is 70.1 Å². The van der Waals surface area contributed by atoms with Crippen molar-refractivity contribution in [1.82, 2.24) is 10.0 Å². The van der Waals surface area contributed by atoms with Gasteiger partial charge in [-0.05, 0) is 30.0 Å². The van der Waals surface area contributed by atoms with Crippen molar-refractivity contribution in [2.45, 2.75) is 31.6 Å². The second-order valence-electron chi connectivity index (χ2n) is 8.33. The highest BCUT2D eigenvalue weighted by molar-refractivity contribution is 5.93. The van der Waals surface area contributed by atoms with Crippen LogP contribution in [0.5, 0.6) is 0 Å². The maximum absolute atomic E-state index is 13.8. The summed E-state index contributed by atoms with van der Waals surface area (Å²) in [4.78, 5) is 26.8. The number of rotatable bonds is 6. The largest absolute Gasteiger partial charge is 0.438 e. The van der Waals surface area contributed by atoms with Gasteiger partial charge in [0.05, 0.1) is 18.1 Å². The van der Waals surface area contributed by atoms with E-state index in [9.17, 15) is 14.7 Å². The number of ether oxygens (including phenoxy) is 1. The van der Waals surface area contributed by atoms with E-state index >= 15 is 0 Å². The molecule has 1 aliphatic heterocycles. The third kappa shape index (κ3) is 4.82. The van der Waals surface area contributed by atoms with Crippen LogP contribution in [0.4, 0.5) is 4.79 Å². The molecule has 6 nitrogen and oxygen atoms in total. The molecule has 0 unspecified atom stereocenters. The van der Waals surface area contributed by atoms with Gasteiger partial charge in [-0.3, -0.25) is 4.79 Å². The number of benzene rings is 3. The van der Waals surface area contributed by atoms with E-state index in [1.54, 1.807) is 24.2 Å². The van der Waals surface area contributed by atoms with Gasteiger partial charge in [-0.25, -0.2) is 9.80 Å². The molecule has 1 saturated heterocycles. The van der Waals surface area contributed by atoms with Crippen molar-refractivity contribution in [3.63, 3.8) is 0 Å². The fourth-order valence-corrected chi connectivity index (χ4v) is 4.24. The maximum atomic E-state index is 13.8. The van der Waals surface area contributed by atoms with E-state index in [0.29, 0.717) is 5.56 Å². The van der Waals surface area contributed by atoms with Crippen LogP contribution in [0.15, 0.2) is 91.0 Å². The molecule has 3 aromatic carbocycles. The standard InChI is InChI=1S/C27H28N2O4/c1-19-25(22-16-10-5-11-17-22)33-27(32)29(28(19)2)26(31)23(18-20-12-6-3-7-13-20)24(30)21-14-8-4-9-15-21/h3-17,19,23-25,30H,18H2,1-2H3/t19-,23-,24+,25-/m0/s1. The molecule has 1 aliphatic rings. The van der Waals surface area contributed by atoms with Crippen molar-refractivity contribution in [1.29, 1.82) is 0 Å². The molecule has 0 aromatic heterocycles. The Hall–Kier alpha value is -3.48. The van der Waals surface area contributed by atoms with Crippen LogP contribution in [-0.4, -0.2) is 40.2 Å². The summed E-state index contributed by atoms with van der Waals surface area (Å²) in [7, 11) is 1.70. The van der Waals surface area contributed by atoms with E-state index in [1.807, 2.05) is 85.8 Å². The summed E-state index contributed by atoms with van der Waals surface area (Å²) >= 11 is 0. The lowest BCUT2D eigenvalue weighted by atomic mass is 9.88. The molecule has 0 radical (unpaired) electrons. The summed E-state index contributed by atoms with van der Waals surface area (Å²) in [5.41, 5.74) is 2.38. The summed E-state index contributed by atoms with van der Waals surface area (Å²) in [6.07, 6.45) is -2.04. The van der Waals surface area contributed by atoms with Gasteiger partial charge in [-0.15, -0.1) is 0 Å². The first kappa shape index (κ1) is 22.7. The van der Waals surface area contributed by atoms with Gasteiger partial charge in [0.15, 0.2) is 0 Å². The second kappa shape index (κ2) is 9.98. The van der Waals surface area contributed by atoms with Crippen LogP contribution in [0.25, 0.3) is 0 Å². The third-order valence-electron chi connectivity index (χ3n) is 6.22. The van der Waals surface area contributed by atoms with E-state index < -0.39 is 30.1 Å². The number of imide groups is 1. The molecule has 2 amide bonds. The molecule has 170 valence electrons. The van der Waals surface area contributed by atoms with Crippen LogP contribution in [0.1, 0.15) is 35.8 Å². The quantitative estimate of drug-likeness (QED) is 0.605. The SMILES string of the molecule is C[C@H]1[C@@H](c2ccccc2)OC(=O)N(C(=O)[C@@H](Cc2ccccc2)[C@H](O)c2ccccc2)N1C. The summed E-state index contributed by atoms with van der Waals surface area (Å²) < 4.78 is 5.72. The summed E-state index contributed by atoms with van der Waals surface area (Å²) in [5, 5.41) is 13.8. The number of hydrogen-bond acceptors (Lipinski definition) is 5. The molecule has 4 atom stereocenters. The van der Waals surface area contributed by atoms with Crippen molar-refractivity contribution >= 4 is 12.0 Å². The highest BCUT2D eigenvalue weighted by Crippen LogP contribution is 2.34. The number of nitrogens with zero attached hydrogens (tertiary/aromatic N) is 2. The van der Waals surface area contributed by atoms with Gasteiger partial charge in [-0.2, -0.15) is 5.01 Å². The highest BCUT2D eigenvalue weighted by atomic mass is 16.6. The van der Waals surface area contributed by atoms with E-state index in [-0.39, 0.29) is 12.5 Å². The van der Waals surface area contributed by atoms with Crippen LogP contribution in [-0.2, 0) is 16.0 Å². The number of aliphatic hydroxyl groups excluding tert-OH is 1. The number of hydrazine groups is 1. The second-order valence-corrected chi connectivity index (χ2v) is 8.33. The number of hydrogen-bond donors (Lipinski definition) is 1. The summed E-state index contributed by atoms with van der Waals surface area (Å²) in [5.74, 6) is -1.37. The van der Waals surface area contributed by atoms with Crippen molar-refractivity contribution in [2.75, 3.05) is 7.05 Å². The molecular formula is C27H28N2O4. The zero-order valence-corrected chi connectivity index (χ0v) is 18.7. The van der Waals surface area contributed by atoms with Crippen molar-refractivity contribution in [3.05, 3.63) is 108 Å². The van der Waals surface area contributed by atoms with Crippen LogP contribution in [0, 0.1) is 5.92 Å². The number of amides is 2. The smallest absolute Gasteiger partial charge is 0.432 e. The van der Waals surface area contributed by atoms with Gasteiger partial charge in [0.25, 0.3) is 5.91 Å². The van der Waals surface area contributed by atoms with Crippen LogP contribution < -0.4 is 0 Å². The molecule has 0 aliphatic carbocycles. The average Bonchev–Trinajstić information content (AvgIpc) is 2.86. The maximum Gasteiger partial charge on any atom is 0.432 e. The number of carbonyl (C=O) groups excluding carboxylic acids is 2. The Morgan fingerprint density at radius 3 is 2.09 bits per heavy atom. The van der Waals surface area contributed by atoms with Gasteiger partial charge in [0, 0.05) is 7.05 Å². The first-order valence-corrected chi connectivity index (χ1v) is 11.1. The fourth-order valence-electron chi connectivity index (χ4n) is 4.24. The highest BCUT2D eigenvalue weighted by Gasteiger charge is 2.45. The van der Waals surface area contributed by atoms with Crippen molar-refractivity contribution < 1.29 is 19.4 Å². The van der Waals surface area contributed by atoms with Crippen LogP contribution >= 0.6 is 0 Å². The minimum Gasteiger partial charge on any atom is -0.438 e. The molecule has 6 heteroatoms. The van der Waals surface area contributed by atoms with Gasteiger partial charge >= 0.3 is 6.09 Å². The molecule has 0 spiro atoms. The number of aliphatic hydroxyl groups is 1. The zero-order chi connectivity index (χ0) is 23.4. The Labute approximate surface area is 194 Å². The Bertz CT molecular complexity index is 1080. The molecular weight excluding hydrogens is 416 g/mol. The number of likely N-dealkylation sites (N-methyl/N-ethyl adjacent to an activating group) is 1. The first-order chi connectivity index (χ1) is 16.0. The molecule has 1 heterocycles. The third-order valence-corrected chi connectivity index (χ3v) is 6.22. The van der Waals surface area contributed by atoms with E-state index in [1.165, 1.54) is 0 Å². The summed E-state index contributed by atoms with van der Waals surface area (Å²) in [6.45, 7) is 1.91. The number of cyclic esters (lactones) is 1. The molecule has 1 fully saturated rings. The van der Waals surface area contributed by atoms with Crippen LogP contribution in [0.2, 0.25) is 0 Å². The molecule has 0 bridgehead atoms. The molecule has 33 heavy (non-hydrogen) atoms. The van der Waals surface area contributed by atoms with E-state index in [0.717, 1.165) is 16.1 Å². The van der Waals surface area contributed by atoms with Gasteiger partial charge in [0.1, 0.15) is 6.10 Å². The Morgan fingerprint density at radius 2 is 1.48 bits per heavy atom. The van der Waals surface area contributed by atoms with Gasteiger partial charge < -0.3 is 9.84 Å². The van der Waals surface area contributed by atoms with Crippen LogP contribution in [0.3, 0.4) is 0 Å². The molecule has 1 N–H and O–H groups in total. The predicted molar refractivity (Wildman–Crippen MR) is 125 cm³/mol. The lowest BCUT2D eigenvalue weighted by Crippen LogP contribution is -2.60. The van der Waals surface area contributed by atoms with E-state index in [2.05, 4.69) is 0 Å². The van der Waals surface area contributed by atoms with Gasteiger partial charge in [-0.1, -0.05) is 91.0 Å². The minimum atomic E-state index is -1.08. The normalized spacial score (nSPS) is 20.7. The Balaban J connectivity index is 1.63. The van der Waals surface area contributed by atoms with E-state index in [4.69, 9.17) is 4.74 Å². The average molecular weight is 445 g/mol. The molecule has 0 saturated carbocycles. The predicted octanol–water partition coefficient (Wildman–Crippen LogP) is 4.53. The van der Waals surface area contributed by atoms with Crippen molar-refractivity contribution in [2.24, 2.45) is 5.92 Å². The Kier molecular flexibility index (Phi) is 6.87.